The van der Waals surface area contributed by atoms with Gasteiger partial charge in [-0.15, -0.1) is 11.3 Å². The van der Waals surface area contributed by atoms with Gasteiger partial charge in [-0.3, -0.25) is 4.79 Å². The van der Waals surface area contributed by atoms with Crippen LogP contribution in [0.25, 0.3) is 32.6 Å². The maximum Gasteiger partial charge on any atom is 0.310 e. The quantitative estimate of drug-likeness (QED) is 0.293. The number of hydrogen-bond donors (Lipinski definition) is 0. The molecule has 160 valence electrons. The zero-order valence-corrected chi connectivity index (χ0v) is 17.9. The van der Waals surface area contributed by atoms with Gasteiger partial charge in [0.05, 0.1) is 13.5 Å². The number of benzene rings is 3. The average Bonchev–Trinajstić information content (AvgIpc) is 3.41. The van der Waals surface area contributed by atoms with Gasteiger partial charge < -0.3 is 13.9 Å². The Labute approximate surface area is 187 Å². The summed E-state index contributed by atoms with van der Waals surface area (Å²) in [6, 6.07) is 17.7. The van der Waals surface area contributed by atoms with E-state index < -0.39 is 0 Å². The molecule has 0 radical (unpaired) electrons. The van der Waals surface area contributed by atoms with E-state index in [-0.39, 0.29) is 18.2 Å². The van der Waals surface area contributed by atoms with Crippen molar-refractivity contribution in [3.63, 3.8) is 0 Å². The second-order valence-corrected chi connectivity index (χ2v) is 8.20. The molecular formula is C25H18FNO4S. The third-order valence-corrected chi connectivity index (χ3v) is 6.11. The minimum absolute atomic E-state index is 0.256. The molecule has 2 heterocycles. The van der Waals surface area contributed by atoms with Crippen LogP contribution in [0.1, 0.15) is 11.1 Å². The standard InChI is InChI=1S/C25H18FNO4S/c1-29-24(28)11-17-14-32-23-12-19(6-7-20(17)23)30-13-15-5-8-22-21(9-15)27-25(31-22)16-3-2-4-18(26)10-16/h2-10,12,14H,11,13H2,1H3. The van der Waals surface area contributed by atoms with Gasteiger partial charge >= 0.3 is 5.97 Å². The van der Waals surface area contributed by atoms with Gasteiger partial charge in [-0.25, -0.2) is 9.37 Å². The van der Waals surface area contributed by atoms with Crippen molar-refractivity contribution in [2.75, 3.05) is 7.11 Å². The first-order chi connectivity index (χ1) is 15.6. The molecule has 5 rings (SSSR count). The lowest BCUT2D eigenvalue weighted by molar-refractivity contribution is -0.139. The highest BCUT2D eigenvalue weighted by molar-refractivity contribution is 7.17. The Bertz CT molecular complexity index is 1440. The number of nitrogens with zero attached hydrogens (tertiary/aromatic N) is 1. The summed E-state index contributed by atoms with van der Waals surface area (Å²) < 4.78 is 31.0. The molecule has 7 heteroatoms. The highest BCUT2D eigenvalue weighted by Crippen LogP contribution is 2.31. The fourth-order valence-electron chi connectivity index (χ4n) is 3.49. The van der Waals surface area contributed by atoms with Gasteiger partial charge in [0.1, 0.15) is 23.7 Å². The van der Waals surface area contributed by atoms with Gasteiger partial charge in [0.2, 0.25) is 5.89 Å². The van der Waals surface area contributed by atoms with Crippen LogP contribution in [0.3, 0.4) is 0 Å². The fraction of sp³-hybridized carbons (Fsp3) is 0.120. The van der Waals surface area contributed by atoms with Gasteiger partial charge in [-0.2, -0.15) is 0 Å². The molecule has 5 nitrogen and oxygen atoms in total. The van der Waals surface area contributed by atoms with Crippen molar-refractivity contribution in [1.29, 1.82) is 0 Å². The molecule has 5 aromatic rings. The molecule has 0 aliphatic carbocycles. The molecule has 0 atom stereocenters. The molecule has 0 saturated carbocycles. The van der Waals surface area contributed by atoms with Crippen molar-refractivity contribution >= 4 is 38.5 Å². The Hall–Kier alpha value is -3.71. The molecule has 0 aliphatic rings. The third-order valence-electron chi connectivity index (χ3n) is 5.12. The largest absolute Gasteiger partial charge is 0.489 e. The summed E-state index contributed by atoms with van der Waals surface area (Å²) in [7, 11) is 1.39. The van der Waals surface area contributed by atoms with E-state index in [2.05, 4.69) is 4.98 Å². The van der Waals surface area contributed by atoms with E-state index in [0.717, 1.165) is 27.0 Å². The molecule has 32 heavy (non-hydrogen) atoms. The monoisotopic (exact) mass is 447 g/mol. The zero-order chi connectivity index (χ0) is 22.1. The number of esters is 1. The van der Waals surface area contributed by atoms with E-state index >= 15 is 0 Å². The highest BCUT2D eigenvalue weighted by atomic mass is 32.1. The first-order valence-corrected chi connectivity index (χ1v) is 10.8. The normalized spacial score (nSPS) is 11.2. The van der Waals surface area contributed by atoms with Crippen LogP contribution in [0.2, 0.25) is 0 Å². The van der Waals surface area contributed by atoms with Gasteiger partial charge in [0, 0.05) is 10.3 Å². The number of oxazole rings is 1. The second-order valence-electron chi connectivity index (χ2n) is 7.29. The third kappa shape index (κ3) is 4.07. The van der Waals surface area contributed by atoms with Crippen LogP contribution in [-0.2, 0) is 22.6 Å². The maximum atomic E-state index is 13.5. The molecule has 0 amide bonds. The van der Waals surface area contributed by atoms with Crippen LogP contribution in [0, 0.1) is 5.82 Å². The van der Waals surface area contributed by atoms with Crippen molar-refractivity contribution in [3.8, 4) is 17.2 Å². The topological polar surface area (TPSA) is 61.6 Å². The fourth-order valence-corrected chi connectivity index (χ4v) is 4.48. The van der Waals surface area contributed by atoms with Crippen LogP contribution in [0.15, 0.2) is 70.5 Å². The number of methoxy groups -OCH3 is 1. The molecule has 0 saturated heterocycles. The Kier molecular flexibility index (Phi) is 5.33. The number of ether oxygens (including phenoxy) is 2. The number of aromatic nitrogens is 1. The molecular weight excluding hydrogens is 429 g/mol. The molecule has 0 bridgehead atoms. The summed E-state index contributed by atoms with van der Waals surface area (Å²) in [5.41, 5.74) is 3.80. The number of halogens is 1. The van der Waals surface area contributed by atoms with Crippen molar-refractivity contribution in [2.24, 2.45) is 0 Å². The summed E-state index contributed by atoms with van der Waals surface area (Å²) in [5.74, 6) is 0.529. The lowest BCUT2D eigenvalue weighted by Gasteiger charge is -2.07. The lowest BCUT2D eigenvalue weighted by atomic mass is 10.1. The Morgan fingerprint density at radius 1 is 1.12 bits per heavy atom. The van der Waals surface area contributed by atoms with Crippen molar-refractivity contribution in [3.05, 3.63) is 83.0 Å². The number of carbonyl (C=O) groups excluding carboxylic acids is 1. The van der Waals surface area contributed by atoms with E-state index in [4.69, 9.17) is 13.9 Å². The number of fused-ring (bicyclic) bond motifs is 2. The van der Waals surface area contributed by atoms with E-state index in [9.17, 15) is 9.18 Å². The van der Waals surface area contributed by atoms with Crippen molar-refractivity contribution in [1.82, 2.24) is 4.98 Å². The second kappa shape index (κ2) is 8.43. The van der Waals surface area contributed by atoms with Gasteiger partial charge in [0.15, 0.2) is 5.58 Å². The highest BCUT2D eigenvalue weighted by Gasteiger charge is 2.12. The van der Waals surface area contributed by atoms with Crippen LogP contribution in [0.4, 0.5) is 4.39 Å². The maximum absolute atomic E-state index is 13.5. The molecule has 0 unspecified atom stereocenters. The first-order valence-electron chi connectivity index (χ1n) is 9.94. The summed E-state index contributed by atoms with van der Waals surface area (Å²) in [5, 5.41) is 3.00. The minimum Gasteiger partial charge on any atom is -0.489 e. The van der Waals surface area contributed by atoms with Crippen LogP contribution in [0.5, 0.6) is 5.75 Å². The molecule has 2 aromatic heterocycles. The smallest absolute Gasteiger partial charge is 0.310 e. The molecule has 0 N–H and O–H groups in total. The molecule has 0 aliphatic heterocycles. The number of rotatable bonds is 6. The Morgan fingerprint density at radius 3 is 2.88 bits per heavy atom. The van der Waals surface area contributed by atoms with Crippen LogP contribution in [-0.4, -0.2) is 18.1 Å². The summed E-state index contributed by atoms with van der Waals surface area (Å²) in [6.07, 6.45) is 0.256. The Balaban J connectivity index is 1.32. The molecule has 3 aromatic carbocycles. The first kappa shape index (κ1) is 20.2. The molecule has 0 fully saturated rings. The van der Waals surface area contributed by atoms with E-state index in [1.54, 1.807) is 23.5 Å². The summed E-state index contributed by atoms with van der Waals surface area (Å²) in [6.45, 7) is 0.365. The summed E-state index contributed by atoms with van der Waals surface area (Å²) in [4.78, 5) is 16.1. The average molecular weight is 447 g/mol. The minimum atomic E-state index is -0.334. The van der Waals surface area contributed by atoms with Gasteiger partial charge in [-0.1, -0.05) is 12.1 Å². The number of hydrogen-bond acceptors (Lipinski definition) is 6. The van der Waals surface area contributed by atoms with E-state index in [1.807, 2.05) is 41.8 Å². The SMILES string of the molecule is COC(=O)Cc1csc2cc(OCc3ccc4oc(-c5cccc(F)c5)nc4c3)ccc12. The zero-order valence-electron chi connectivity index (χ0n) is 17.1. The van der Waals surface area contributed by atoms with Gasteiger partial charge in [-0.05, 0) is 70.4 Å². The Morgan fingerprint density at radius 2 is 2.03 bits per heavy atom. The lowest BCUT2D eigenvalue weighted by Crippen LogP contribution is -2.03. The number of carbonyl (C=O) groups is 1. The molecule has 0 spiro atoms. The van der Waals surface area contributed by atoms with E-state index in [0.29, 0.717) is 29.2 Å². The summed E-state index contributed by atoms with van der Waals surface area (Å²) >= 11 is 1.57. The predicted octanol–water partition coefficient (Wildman–Crippen LogP) is 6.14. The number of thiophene rings is 1. The van der Waals surface area contributed by atoms with Crippen molar-refractivity contribution in [2.45, 2.75) is 13.0 Å². The van der Waals surface area contributed by atoms with E-state index in [1.165, 1.54) is 19.2 Å². The van der Waals surface area contributed by atoms with Crippen LogP contribution >= 0.6 is 11.3 Å². The van der Waals surface area contributed by atoms with Crippen molar-refractivity contribution < 1.29 is 23.1 Å². The van der Waals surface area contributed by atoms with Crippen LogP contribution < -0.4 is 4.74 Å². The van der Waals surface area contributed by atoms with Gasteiger partial charge in [0.25, 0.3) is 0 Å². The predicted molar refractivity (Wildman–Crippen MR) is 121 cm³/mol.